The van der Waals surface area contributed by atoms with Gasteiger partial charge in [-0.2, -0.15) is 13.2 Å². The molecule has 0 amide bonds. The Labute approximate surface area is 98.5 Å². The summed E-state index contributed by atoms with van der Waals surface area (Å²) >= 11 is 0. The van der Waals surface area contributed by atoms with Gasteiger partial charge in [-0.15, -0.1) is 0 Å². The number of hydrogen-bond donors (Lipinski definition) is 1. The Morgan fingerprint density at radius 1 is 1.35 bits per heavy atom. The Hall–Kier alpha value is -0.820. The zero-order valence-electron chi connectivity index (χ0n) is 10.1. The first kappa shape index (κ1) is 16.2. The van der Waals surface area contributed by atoms with Gasteiger partial charge >= 0.3 is 12.1 Å². The first-order valence-electron chi connectivity index (χ1n) is 5.41. The van der Waals surface area contributed by atoms with E-state index in [9.17, 15) is 18.0 Å². The highest BCUT2D eigenvalue weighted by Gasteiger charge is 2.37. The molecule has 0 heterocycles. The summed E-state index contributed by atoms with van der Waals surface area (Å²) in [6.07, 6.45) is -6.33. The molecule has 0 bridgehead atoms. The molecule has 1 N–H and O–H groups in total. The Morgan fingerprint density at radius 2 is 1.94 bits per heavy atom. The van der Waals surface area contributed by atoms with Crippen LogP contribution < -0.4 is 5.32 Å². The lowest BCUT2D eigenvalue weighted by atomic mass is 10.3. The van der Waals surface area contributed by atoms with Crippen molar-refractivity contribution in [1.82, 2.24) is 5.32 Å². The molecule has 0 saturated heterocycles. The molecule has 0 aromatic rings. The maximum absolute atomic E-state index is 12.2. The van der Waals surface area contributed by atoms with Gasteiger partial charge in [-0.1, -0.05) is 6.92 Å². The van der Waals surface area contributed by atoms with E-state index in [1.54, 1.807) is 13.8 Å². The van der Waals surface area contributed by atoms with E-state index in [2.05, 4.69) is 10.1 Å². The molecular weight excluding hydrogens is 239 g/mol. The minimum atomic E-state index is -4.43. The van der Waals surface area contributed by atoms with Crippen LogP contribution in [-0.4, -0.2) is 44.0 Å². The van der Waals surface area contributed by atoms with Crippen LogP contribution in [0.5, 0.6) is 0 Å². The van der Waals surface area contributed by atoms with Crippen molar-refractivity contribution in [3.8, 4) is 0 Å². The molecule has 0 aromatic carbocycles. The van der Waals surface area contributed by atoms with Gasteiger partial charge in [0.1, 0.15) is 6.04 Å². The number of carbonyl (C=O) groups is 1. The van der Waals surface area contributed by atoms with Crippen molar-refractivity contribution >= 4 is 5.97 Å². The average Bonchev–Trinajstić information content (AvgIpc) is 2.22. The van der Waals surface area contributed by atoms with Crippen molar-refractivity contribution in [2.24, 2.45) is 0 Å². The van der Waals surface area contributed by atoms with Gasteiger partial charge in [0.2, 0.25) is 0 Å². The molecule has 0 saturated carbocycles. The van der Waals surface area contributed by atoms with Crippen LogP contribution in [0.4, 0.5) is 13.2 Å². The molecule has 7 heteroatoms. The quantitative estimate of drug-likeness (QED) is 0.702. The monoisotopic (exact) mass is 257 g/mol. The SMILES string of the molecule is CCNC(COC(C)C(F)(F)F)C(=O)OCC. The van der Waals surface area contributed by atoms with Gasteiger partial charge in [-0.3, -0.25) is 4.79 Å². The Morgan fingerprint density at radius 3 is 2.35 bits per heavy atom. The normalized spacial score (nSPS) is 15.4. The fourth-order valence-electron chi connectivity index (χ4n) is 1.03. The molecule has 0 rings (SSSR count). The maximum atomic E-state index is 12.2. The molecule has 0 aliphatic carbocycles. The predicted octanol–water partition coefficient (Wildman–Crippen LogP) is 1.50. The lowest BCUT2D eigenvalue weighted by Gasteiger charge is -2.21. The molecule has 0 aliphatic rings. The molecule has 102 valence electrons. The van der Waals surface area contributed by atoms with E-state index < -0.39 is 24.3 Å². The fourth-order valence-corrected chi connectivity index (χ4v) is 1.03. The van der Waals surface area contributed by atoms with Crippen molar-refractivity contribution in [1.29, 1.82) is 0 Å². The van der Waals surface area contributed by atoms with Crippen molar-refractivity contribution in [3.05, 3.63) is 0 Å². The van der Waals surface area contributed by atoms with Gasteiger partial charge < -0.3 is 14.8 Å². The summed E-state index contributed by atoms with van der Waals surface area (Å²) in [4.78, 5) is 11.3. The Kier molecular flexibility index (Phi) is 7.13. The zero-order chi connectivity index (χ0) is 13.5. The van der Waals surface area contributed by atoms with Crippen LogP contribution in [-0.2, 0) is 14.3 Å². The zero-order valence-corrected chi connectivity index (χ0v) is 10.1. The minimum Gasteiger partial charge on any atom is -0.465 e. The van der Waals surface area contributed by atoms with Crippen LogP contribution in [0.1, 0.15) is 20.8 Å². The van der Waals surface area contributed by atoms with E-state index in [4.69, 9.17) is 4.74 Å². The maximum Gasteiger partial charge on any atom is 0.414 e. The second-order valence-electron chi connectivity index (χ2n) is 3.38. The number of alkyl halides is 3. The van der Waals surface area contributed by atoms with Gasteiger partial charge in [-0.25, -0.2) is 0 Å². The number of carbonyl (C=O) groups excluding carboxylic acids is 1. The highest BCUT2D eigenvalue weighted by atomic mass is 19.4. The number of hydrogen-bond acceptors (Lipinski definition) is 4. The van der Waals surface area contributed by atoms with Crippen LogP contribution >= 0.6 is 0 Å². The Bertz CT molecular complexity index is 233. The highest BCUT2D eigenvalue weighted by molar-refractivity contribution is 5.75. The van der Waals surface area contributed by atoms with E-state index in [1.807, 2.05) is 0 Å². The fraction of sp³-hybridized carbons (Fsp3) is 0.900. The van der Waals surface area contributed by atoms with E-state index in [0.29, 0.717) is 6.54 Å². The van der Waals surface area contributed by atoms with Gasteiger partial charge in [-0.05, 0) is 20.4 Å². The van der Waals surface area contributed by atoms with Crippen LogP contribution in [0, 0.1) is 0 Å². The Balaban J connectivity index is 4.22. The summed E-state index contributed by atoms with van der Waals surface area (Å²) in [5, 5.41) is 2.71. The average molecular weight is 257 g/mol. The first-order valence-corrected chi connectivity index (χ1v) is 5.41. The number of halogens is 3. The third kappa shape index (κ3) is 6.48. The van der Waals surface area contributed by atoms with Crippen molar-refractivity contribution in [2.75, 3.05) is 19.8 Å². The number of rotatable bonds is 7. The summed E-state index contributed by atoms with van der Waals surface area (Å²) in [6.45, 7) is 4.50. The minimum absolute atomic E-state index is 0.176. The van der Waals surface area contributed by atoms with E-state index in [0.717, 1.165) is 6.92 Å². The lowest BCUT2D eigenvalue weighted by Crippen LogP contribution is -2.43. The molecule has 0 fully saturated rings. The van der Waals surface area contributed by atoms with Crippen LogP contribution in [0.15, 0.2) is 0 Å². The second-order valence-corrected chi connectivity index (χ2v) is 3.38. The van der Waals surface area contributed by atoms with Crippen LogP contribution in [0.2, 0.25) is 0 Å². The molecule has 17 heavy (non-hydrogen) atoms. The number of esters is 1. The lowest BCUT2D eigenvalue weighted by molar-refractivity contribution is -0.216. The highest BCUT2D eigenvalue weighted by Crippen LogP contribution is 2.22. The molecule has 0 aliphatic heterocycles. The van der Waals surface area contributed by atoms with Gasteiger partial charge in [0, 0.05) is 0 Å². The molecule has 0 aromatic heterocycles. The summed E-state index contributed by atoms with van der Waals surface area (Å²) in [7, 11) is 0. The molecule has 2 unspecified atom stereocenters. The van der Waals surface area contributed by atoms with Crippen molar-refractivity contribution in [2.45, 2.75) is 39.1 Å². The first-order chi connectivity index (χ1) is 7.82. The number of nitrogens with one attached hydrogen (secondary N) is 1. The number of likely N-dealkylation sites (N-methyl/N-ethyl adjacent to an activating group) is 1. The van der Waals surface area contributed by atoms with Crippen LogP contribution in [0.3, 0.4) is 0 Å². The summed E-state index contributed by atoms with van der Waals surface area (Å²) in [5.41, 5.74) is 0. The second kappa shape index (κ2) is 7.50. The topological polar surface area (TPSA) is 47.6 Å². The van der Waals surface area contributed by atoms with E-state index in [-0.39, 0.29) is 13.2 Å². The van der Waals surface area contributed by atoms with E-state index in [1.165, 1.54) is 0 Å². The van der Waals surface area contributed by atoms with Gasteiger partial charge in [0.25, 0.3) is 0 Å². The number of ether oxygens (including phenoxy) is 2. The summed E-state index contributed by atoms with van der Waals surface area (Å²) in [6, 6.07) is -0.871. The standard InChI is InChI=1S/C10H18F3NO3/c1-4-14-8(9(15)16-5-2)6-17-7(3)10(11,12)13/h7-8,14H,4-6H2,1-3H3. The van der Waals surface area contributed by atoms with Crippen molar-refractivity contribution < 1.29 is 27.4 Å². The predicted molar refractivity (Wildman–Crippen MR) is 55.6 cm³/mol. The largest absolute Gasteiger partial charge is 0.465 e. The van der Waals surface area contributed by atoms with Crippen molar-refractivity contribution in [3.63, 3.8) is 0 Å². The molecule has 2 atom stereocenters. The van der Waals surface area contributed by atoms with Gasteiger partial charge in [0.15, 0.2) is 6.10 Å². The molecular formula is C10H18F3NO3. The van der Waals surface area contributed by atoms with E-state index >= 15 is 0 Å². The van der Waals surface area contributed by atoms with Crippen LogP contribution in [0.25, 0.3) is 0 Å². The van der Waals surface area contributed by atoms with Gasteiger partial charge in [0.05, 0.1) is 13.2 Å². The molecule has 0 radical (unpaired) electrons. The third-order valence-corrected chi connectivity index (χ3v) is 2.00. The summed E-state index contributed by atoms with van der Waals surface area (Å²) in [5.74, 6) is -0.608. The summed E-state index contributed by atoms with van der Waals surface area (Å²) < 4.78 is 45.8. The molecule has 4 nitrogen and oxygen atoms in total. The third-order valence-electron chi connectivity index (χ3n) is 2.00. The molecule has 0 spiro atoms. The smallest absolute Gasteiger partial charge is 0.414 e.